The van der Waals surface area contributed by atoms with Crippen LogP contribution in [0.1, 0.15) is 30.7 Å². The van der Waals surface area contributed by atoms with E-state index in [1.165, 1.54) is 17.5 Å². The summed E-state index contributed by atoms with van der Waals surface area (Å²) in [4.78, 5) is 3.97. The number of alkyl halides is 1. The van der Waals surface area contributed by atoms with Crippen LogP contribution in [0.15, 0.2) is 10.4 Å². The van der Waals surface area contributed by atoms with Gasteiger partial charge in [-0.3, -0.25) is 0 Å². The number of nitrogens with one attached hydrogen (secondary N) is 1. The van der Waals surface area contributed by atoms with Gasteiger partial charge in [-0.1, -0.05) is 0 Å². The maximum atomic E-state index is 12.0. The summed E-state index contributed by atoms with van der Waals surface area (Å²) in [5, 5.41) is 0.955. The molecule has 0 bridgehead atoms. The van der Waals surface area contributed by atoms with Crippen molar-refractivity contribution < 1.29 is 8.42 Å². The zero-order valence-corrected chi connectivity index (χ0v) is 11.9. The Bertz CT molecular complexity index is 478. The molecule has 17 heavy (non-hydrogen) atoms. The zero-order chi connectivity index (χ0) is 12.5. The monoisotopic (exact) mass is 294 g/mol. The van der Waals surface area contributed by atoms with Crippen molar-refractivity contribution in [2.75, 3.05) is 0 Å². The normalized spacial score (nSPS) is 26.0. The molecular formula is C10H15ClN2O2S2. The third-order valence-corrected chi connectivity index (χ3v) is 6.17. The molecule has 1 aliphatic carbocycles. The second kappa shape index (κ2) is 5.22. The van der Waals surface area contributed by atoms with E-state index < -0.39 is 10.0 Å². The lowest BCUT2D eigenvalue weighted by atomic mass is 9.96. The topological polar surface area (TPSA) is 59.1 Å². The summed E-state index contributed by atoms with van der Waals surface area (Å²) in [5.41, 5.74) is 0. The highest BCUT2D eigenvalue weighted by Gasteiger charge is 2.25. The first-order valence-corrected chi connectivity index (χ1v) is 8.30. The van der Waals surface area contributed by atoms with E-state index in [9.17, 15) is 8.42 Å². The van der Waals surface area contributed by atoms with Gasteiger partial charge in [-0.2, -0.15) is 0 Å². The molecule has 0 radical (unpaired) electrons. The van der Waals surface area contributed by atoms with E-state index in [2.05, 4.69) is 9.71 Å². The molecule has 1 saturated carbocycles. The first-order valence-electron chi connectivity index (χ1n) is 5.56. The number of hydrogen-bond acceptors (Lipinski definition) is 4. The van der Waals surface area contributed by atoms with E-state index in [0.717, 1.165) is 30.7 Å². The van der Waals surface area contributed by atoms with Crippen LogP contribution in [-0.4, -0.2) is 24.8 Å². The van der Waals surface area contributed by atoms with Crippen LogP contribution in [0.2, 0.25) is 0 Å². The summed E-state index contributed by atoms with van der Waals surface area (Å²) in [5.74, 6) is 0. The Balaban J connectivity index is 2.03. The lowest BCUT2D eigenvalue weighted by Crippen LogP contribution is -2.37. The zero-order valence-electron chi connectivity index (χ0n) is 9.52. The highest BCUT2D eigenvalue weighted by atomic mass is 35.5. The highest BCUT2D eigenvalue weighted by Crippen LogP contribution is 2.25. The first-order chi connectivity index (χ1) is 7.97. The fraction of sp³-hybridized carbons (Fsp3) is 0.700. The maximum absolute atomic E-state index is 12.0. The highest BCUT2D eigenvalue weighted by molar-refractivity contribution is 7.91. The van der Waals surface area contributed by atoms with Gasteiger partial charge in [0.15, 0.2) is 4.21 Å². The molecular weight excluding hydrogens is 280 g/mol. The van der Waals surface area contributed by atoms with Crippen LogP contribution >= 0.6 is 22.9 Å². The molecule has 0 spiro atoms. The Labute approximate surface area is 110 Å². The number of aryl methyl sites for hydroxylation is 1. The van der Waals surface area contributed by atoms with Gasteiger partial charge in [0.2, 0.25) is 0 Å². The summed E-state index contributed by atoms with van der Waals surface area (Å²) in [7, 11) is -3.39. The van der Waals surface area contributed by atoms with Crippen molar-refractivity contribution in [3.63, 3.8) is 0 Å². The molecule has 1 aromatic rings. The molecule has 2 rings (SSSR count). The molecule has 1 N–H and O–H groups in total. The van der Waals surface area contributed by atoms with Gasteiger partial charge in [0.1, 0.15) is 0 Å². The van der Waals surface area contributed by atoms with E-state index in [1.807, 2.05) is 0 Å². The summed E-state index contributed by atoms with van der Waals surface area (Å²) >= 11 is 7.18. The Morgan fingerprint density at radius 2 is 2.06 bits per heavy atom. The van der Waals surface area contributed by atoms with Crippen LogP contribution in [0.25, 0.3) is 0 Å². The smallest absolute Gasteiger partial charge is 0.249 e. The van der Waals surface area contributed by atoms with E-state index in [4.69, 9.17) is 11.6 Å². The van der Waals surface area contributed by atoms with Crippen LogP contribution < -0.4 is 4.72 Å². The Kier molecular flexibility index (Phi) is 4.07. The standard InChI is InChI=1S/C10H15ClN2O2S2/c1-7-12-6-10(16-7)17(14,15)13-9-4-2-8(11)3-5-9/h6,8-9,13H,2-5H2,1H3. The van der Waals surface area contributed by atoms with Gasteiger partial charge in [0, 0.05) is 11.4 Å². The molecule has 4 nitrogen and oxygen atoms in total. The minimum atomic E-state index is -3.39. The van der Waals surface area contributed by atoms with Crippen molar-refractivity contribution in [2.24, 2.45) is 0 Å². The molecule has 1 aliphatic rings. The quantitative estimate of drug-likeness (QED) is 0.870. The van der Waals surface area contributed by atoms with Crippen LogP contribution in [0.3, 0.4) is 0 Å². The Hall–Kier alpha value is -0.170. The minimum Gasteiger partial charge on any atom is -0.249 e. The van der Waals surface area contributed by atoms with Gasteiger partial charge >= 0.3 is 0 Å². The fourth-order valence-electron chi connectivity index (χ4n) is 1.91. The Morgan fingerprint density at radius 1 is 1.41 bits per heavy atom. The third-order valence-electron chi connectivity index (χ3n) is 2.84. The summed E-state index contributed by atoms with van der Waals surface area (Å²) in [6, 6.07) is 0.0115. The Morgan fingerprint density at radius 3 is 2.59 bits per heavy atom. The van der Waals surface area contributed by atoms with Gasteiger partial charge in [-0.15, -0.1) is 22.9 Å². The number of aromatic nitrogens is 1. The summed E-state index contributed by atoms with van der Waals surface area (Å²) < 4.78 is 27.1. The van der Waals surface area contributed by atoms with Crippen LogP contribution in [0.5, 0.6) is 0 Å². The molecule has 0 atom stereocenters. The molecule has 1 fully saturated rings. The van der Waals surface area contributed by atoms with Gasteiger partial charge < -0.3 is 0 Å². The lowest BCUT2D eigenvalue weighted by molar-refractivity contribution is 0.417. The van der Waals surface area contributed by atoms with Gasteiger partial charge in [0.05, 0.1) is 11.2 Å². The number of hydrogen-bond donors (Lipinski definition) is 1. The van der Waals surface area contributed by atoms with Crippen molar-refractivity contribution in [1.29, 1.82) is 0 Å². The lowest BCUT2D eigenvalue weighted by Gasteiger charge is -2.25. The molecule has 0 unspecified atom stereocenters. The fourth-order valence-corrected chi connectivity index (χ4v) is 4.60. The molecule has 7 heteroatoms. The molecule has 1 aromatic heterocycles. The van der Waals surface area contributed by atoms with E-state index in [1.54, 1.807) is 6.92 Å². The average Bonchev–Trinajstić information content (AvgIpc) is 2.69. The second-order valence-corrected chi connectivity index (χ2v) is 8.06. The van der Waals surface area contributed by atoms with Crippen LogP contribution in [-0.2, 0) is 10.0 Å². The largest absolute Gasteiger partial charge is 0.251 e. The number of thiazole rings is 1. The van der Waals surface area contributed by atoms with E-state index >= 15 is 0 Å². The SMILES string of the molecule is Cc1ncc(S(=O)(=O)NC2CCC(Cl)CC2)s1. The summed E-state index contributed by atoms with van der Waals surface area (Å²) in [6.07, 6.45) is 4.78. The number of sulfonamides is 1. The molecule has 1 heterocycles. The number of rotatable bonds is 3. The van der Waals surface area contributed by atoms with Crippen molar-refractivity contribution in [1.82, 2.24) is 9.71 Å². The average molecular weight is 295 g/mol. The van der Waals surface area contributed by atoms with Gasteiger partial charge in [0.25, 0.3) is 10.0 Å². The second-order valence-electron chi connectivity index (χ2n) is 4.27. The number of nitrogens with zero attached hydrogens (tertiary/aromatic N) is 1. The van der Waals surface area contributed by atoms with E-state index in [0.29, 0.717) is 4.21 Å². The minimum absolute atomic E-state index is 0.0115. The summed E-state index contributed by atoms with van der Waals surface area (Å²) in [6.45, 7) is 1.79. The number of halogens is 1. The van der Waals surface area contributed by atoms with Gasteiger partial charge in [-0.25, -0.2) is 18.1 Å². The first kappa shape index (κ1) is 13.3. The van der Waals surface area contributed by atoms with Crippen molar-refractivity contribution >= 4 is 33.0 Å². The van der Waals surface area contributed by atoms with Crippen molar-refractivity contribution in [2.45, 2.75) is 48.2 Å². The van der Waals surface area contributed by atoms with Crippen molar-refractivity contribution in [3.8, 4) is 0 Å². The third kappa shape index (κ3) is 3.40. The van der Waals surface area contributed by atoms with E-state index in [-0.39, 0.29) is 11.4 Å². The molecule has 0 aromatic carbocycles. The van der Waals surface area contributed by atoms with Crippen molar-refractivity contribution in [3.05, 3.63) is 11.2 Å². The molecule has 0 amide bonds. The molecule has 0 aliphatic heterocycles. The van der Waals surface area contributed by atoms with Gasteiger partial charge in [-0.05, 0) is 32.6 Å². The van der Waals surface area contributed by atoms with Crippen LogP contribution in [0, 0.1) is 6.92 Å². The molecule has 96 valence electrons. The van der Waals surface area contributed by atoms with Crippen LogP contribution in [0.4, 0.5) is 0 Å². The molecule has 0 saturated heterocycles. The predicted molar refractivity (Wildman–Crippen MR) is 69.1 cm³/mol. The predicted octanol–water partition coefficient (Wildman–Crippen LogP) is 2.28. The maximum Gasteiger partial charge on any atom is 0.251 e.